The van der Waals surface area contributed by atoms with E-state index >= 15 is 0 Å². The number of halogens is 3. The maximum absolute atomic E-state index is 11.4. The molecule has 4 nitrogen and oxygen atoms in total. The molecule has 16 heavy (non-hydrogen) atoms. The molecule has 0 bridgehead atoms. The number of esters is 1. The minimum atomic E-state index is -4.67. The van der Waals surface area contributed by atoms with Crippen LogP contribution in [0.4, 0.5) is 13.2 Å². The van der Waals surface area contributed by atoms with Gasteiger partial charge in [0, 0.05) is 13.0 Å². The van der Waals surface area contributed by atoms with Crippen LogP contribution in [0.3, 0.4) is 0 Å². The molecule has 94 valence electrons. The number of alkyl halides is 3. The van der Waals surface area contributed by atoms with Gasteiger partial charge < -0.3 is 9.47 Å². The van der Waals surface area contributed by atoms with Gasteiger partial charge in [0.15, 0.2) is 6.40 Å². The normalized spacial score (nSPS) is 11.8. The molecule has 0 atom stereocenters. The smallest absolute Gasteiger partial charge is 0.469 e. The fraction of sp³-hybridized carbons (Fsp3) is 0.778. The summed E-state index contributed by atoms with van der Waals surface area (Å²) >= 11 is 0. The first kappa shape index (κ1) is 14.7. The molecule has 0 aliphatic rings. The van der Waals surface area contributed by atoms with E-state index in [4.69, 9.17) is 0 Å². The average Bonchev–Trinajstić information content (AvgIpc) is 2.20. The van der Waals surface area contributed by atoms with Gasteiger partial charge in [0.25, 0.3) is 0 Å². The molecular formula is C9H14F3NO3. The van der Waals surface area contributed by atoms with Gasteiger partial charge >= 0.3 is 12.3 Å². The highest BCUT2D eigenvalue weighted by atomic mass is 19.4. The van der Waals surface area contributed by atoms with Crippen LogP contribution in [0.25, 0.3) is 0 Å². The number of ether oxygens (including phenoxy) is 2. The molecule has 0 radical (unpaired) electrons. The number of hydrogen-bond donors (Lipinski definition) is 0. The van der Waals surface area contributed by atoms with Crippen molar-refractivity contribution in [2.24, 2.45) is 4.99 Å². The predicted molar refractivity (Wildman–Crippen MR) is 51.0 cm³/mol. The summed E-state index contributed by atoms with van der Waals surface area (Å²) < 4.78 is 42.1. The van der Waals surface area contributed by atoms with Crippen molar-refractivity contribution in [2.75, 3.05) is 13.7 Å². The van der Waals surface area contributed by atoms with Crippen molar-refractivity contribution in [3.05, 3.63) is 0 Å². The Hall–Kier alpha value is -1.27. The number of hydrogen-bond acceptors (Lipinski definition) is 4. The topological polar surface area (TPSA) is 47.9 Å². The largest absolute Gasteiger partial charge is 0.573 e. The summed E-state index contributed by atoms with van der Waals surface area (Å²) in [6, 6.07) is 0. The number of aliphatic imine (C=N–C) groups is 1. The van der Waals surface area contributed by atoms with Crippen LogP contribution in [0.15, 0.2) is 4.99 Å². The highest BCUT2D eigenvalue weighted by Crippen LogP contribution is 2.14. The van der Waals surface area contributed by atoms with Gasteiger partial charge in [-0.15, -0.1) is 13.2 Å². The first-order valence-electron chi connectivity index (χ1n) is 4.75. The Labute approximate surface area is 91.4 Å². The average molecular weight is 241 g/mol. The van der Waals surface area contributed by atoms with Crippen molar-refractivity contribution in [3.63, 3.8) is 0 Å². The van der Waals surface area contributed by atoms with Crippen LogP contribution in [0.1, 0.15) is 25.7 Å². The molecule has 0 fully saturated rings. The maximum atomic E-state index is 11.4. The standard InChI is InChI=1S/C9H14F3NO3/c1-15-8(14)5-3-2-4-6-13-7-16-9(10,11)12/h7H,2-6H2,1H3. The Kier molecular flexibility index (Phi) is 7.32. The Bertz CT molecular complexity index is 229. The second-order valence-electron chi connectivity index (χ2n) is 2.96. The highest BCUT2D eigenvalue weighted by molar-refractivity contribution is 5.68. The van der Waals surface area contributed by atoms with Crippen LogP contribution in [-0.4, -0.2) is 32.4 Å². The Morgan fingerprint density at radius 3 is 2.56 bits per heavy atom. The first-order valence-corrected chi connectivity index (χ1v) is 4.75. The van der Waals surface area contributed by atoms with Gasteiger partial charge in [0.1, 0.15) is 0 Å². The van der Waals surface area contributed by atoms with Crippen molar-refractivity contribution < 1.29 is 27.4 Å². The predicted octanol–water partition coefficient (Wildman–Crippen LogP) is 2.28. The lowest BCUT2D eigenvalue weighted by atomic mass is 10.2. The lowest BCUT2D eigenvalue weighted by Crippen LogP contribution is -2.11. The number of methoxy groups -OCH3 is 1. The minimum absolute atomic E-state index is 0.247. The molecule has 0 aliphatic carbocycles. The quantitative estimate of drug-likeness (QED) is 0.297. The minimum Gasteiger partial charge on any atom is -0.469 e. The SMILES string of the molecule is COC(=O)CCCCCN=COC(F)(F)F. The van der Waals surface area contributed by atoms with E-state index in [1.54, 1.807) is 0 Å². The number of rotatable bonds is 7. The molecule has 0 amide bonds. The van der Waals surface area contributed by atoms with E-state index in [0.717, 1.165) is 0 Å². The second-order valence-corrected chi connectivity index (χ2v) is 2.96. The van der Waals surface area contributed by atoms with Gasteiger partial charge in [-0.3, -0.25) is 9.79 Å². The van der Waals surface area contributed by atoms with Gasteiger partial charge in [-0.25, -0.2) is 0 Å². The molecule has 0 aromatic carbocycles. The molecule has 0 heterocycles. The molecule has 0 saturated heterocycles. The Morgan fingerprint density at radius 1 is 1.31 bits per heavy atom. The van der Waals surface area contributed by atoms with E-state index in [2.05, 4.69) is 14.5 Å². The van der Waals surface area contributed by atoms with Gasteiger partial charge in [-0.1, -0.05) is 6.42 Å². The molecule has 0 rings (SSSR count). The van der Waals surface area contributed by atoms with E-state index < -0.39 is 6.36 Å². The van der Waals surface area contributed by atoms with Crippen LogP contribution >= 0.6 is 0 Å². The molecule has 0 unspecified atom stereocenters. The molecule has 0 aromatic rings. The molecule has 0 spiro atoms. The van der Waals surface area contributed by atoms with Crippen LogP contribution in [0.5, 0.6) is 0 Å². The van der Waals surface area contributed by atoms with Gasteiger partial charge in [0.05, 0.1) is 7.11 Å². The molecule has 0 saturated carbocycles. The van der Waals surface area contributed by atoms with E-state index in [9.17, 15) is 18.0 Å². The maximum Gasteiger partial charge on any atom is 0.573 e. The monoisotopic (exact) mass is 241 g/mol. The molecular weight excluding hydrogens is 227 g/mol. The summed E-state index contributed by atoms with van der Waals surface area (Å²) in [4.78, 5) is 14.1. The van der Waals surface area contributed by atoms with Crippen LogP contribution in [0, 0.1) is 0 Å². The van der Waals surface area contributed by atoms with Gasteiger partial charge in [-0.05, 0) is 12.8 Å². The number of carbonyl (C=O) groups excluding carboxylic acids is 1. The summed E-state index contributed by atoms with van der Waals surface area (Å²) in [7, 11) is 1.31. The fourth-order valence-electron chi connectivity index (χ4n) is 0.901. The van der Waals surface area contributed by atoms with Crippen LogP contribution < -0.4 is 0 Å². The number of nitrogens with zero attached hydrogens (tertiary/aromatic N) is 1. The van der Waals surface area contributed by atoms with Crippen molar-refractivity contribution in [3.8, 4) is 0 Å². The molecule has 0 aromatic heterocycles. The van der Waals surface area contributed by atoms with Crippen LogP contribution in [-0.2, 0) is 14.3 Å². The summed E-state index contributed by atoms with van der Waals surface area (Å²) in [5, 5.41) is 0. The highest BCUT2D eigenvalue weighted by Gasteiger charge is 2.29. The van der Waals surface area contributed by atoms with Crippen molar-refractivity contribution in [1.82, 2.24) is 0 Å². The van der Waals surface area contributed by atoms with E-state index in [1.807, 2.05) is 0 Å². The van der Waals surface area contributed by atoms with E-state index in [-0.39, 0.29) is 12.5 Å². The first-order chi connectivity index (χ1) is 7.45. The lowest BCUT2D eigenvalue weighted by Gasteiger charge is -2.02. The van der Waals surface area contributed by atoms with E-state index in [0.29, 0.717) is 32.1 Å². The summed E-state index contributed by atoms with van der Waals surface area (Å²) in [5.74, 6) is -0.288. The summed E-state index contributed by atoms with van der Waals surface area (Å²) in [5.41, 5.74) is 0. The van der Waals surface area contributed by atoms with Crippen molar-refractivity contribution in [2.45, 2.75) is 32.0 Å². The van der Waals surface area contributed by atoms with Gasteiger partial charge in [0.2, 0.25) is 0 Å². The van der Waals surface area contributed by atoms with Crippen molar-refractivity contribution in [1.29, 1.82) is 0 Å². The third-order valence-corrected chi connectivity index (χ3v) is 1.66. The van der Waals surface area contributed by atoms with E-state index in [1.165, 1.54) is 7.11 Å². The van der Waals surface area contributed by atoms with Crippen LogP contribution in [0.2, 0.25) is 0 Å². The third-order valence-electron chi connectivity index (χ3n) is 1.66. The van der Waals surface area contributed by atoms with Crippen molar-refractivity contribution >= 4 is 12.4 Å². The Morgan fingerprint density at radius 2 is 2.00 bits per heavy atom. The lowest BCUT2D eigenvalue weighted by molar-refractivity contribution is -0.280. The second kappa shape index (κ2) is 7.95. The number of carbonyl (C=O) groups is 1. The fourth-order valence-corrected chi connectivity index (χ4v) is 0.901. The zero-order valence-electron chi connectivity index (χ0n) is 8.92. The zero-order chi connectivity index (χ0) is 12.4. The third kappa shape index (κ3) is 10.8. The molecule has 7 heteroatoms. The summed E-state index contributed by atoms with van der Waals surface area (Å²) in [6.07, 6.45) is -2.01. The zero-order valence-corrected chi connectivity index (χ0v) is 8.92. The molecule has 0 aliphatic heterocycles. The van der Waals surface area contributed by atoms with Gasteiger partial charge in [-0.2, -0.15) is 0 Å². The molecule has 0 N–H and O–H groups in total. The Balaban J connectivity index is 3.30. The summed E-state index contributed by atoms with van der Waals surface area (Å²) in [6.45, 7) is 0.247. The number of unbranched alkanes of at least 4 members (excludes halogenated alkanes) is 2.